The van der Waals surface area contributed by atoms with Crippen LogP contribution in [0.2, 0.25) is 0 Å². The van der Waals surface area contributed by atoms with Gasteiger partial charge in [-0.1, -0.05) is 12.2 Å². The Hall–Kier alpha value is -1.01. The molecule has 2 heterocycles. The molecule has 16 heavy (non-hydrogen) atoms. The highest BCUT2D eigenvalue weighted by atomic mass is 32.2. The fourth-order valence-electron chi connectivity index (χ4n) is 2.23. The average molecular weight is 243 g/mol. The molecule has 2 fully saturated rings. The Morgan fingerprint density at radius 1 is 1.75 bits per heavy atom. The third-order valence-electron chi connectivity index (χ3n) is 2.95. The molecular formula is C10H13NO4S. The summed E-state index contributed by atoms with van der Waals surface area (Å²) in [7, 11) is 0. The van der Waals surface area contributed by atoms with E-state index in [1.807, 2.05) is 0 Å². The van der Waals surface area contributed by atoms with Crippen molar-refractivity contribution >= 4 is 23.6 Å². The minimum absolute atomic E-state index is 0.0260. The lowest BCUT2D eigenvalue weighted by molar-refractivity contribution is -0.156. The second-order valence-electron chi connectivity index (χ2n) is 4.09. The molecule has 2 aliphatic heterocycles. The maximum Gasteiger partial charge on any atom is 0.328 e. The molecule has 0 aromatic carbocycles. The van der Waals surface area contributed by atoms with Crippen molar-refractivity contribution in [3.63, 3.8) is 0 Å². The molecule has 2 saturated heterocycles. The van der Waals surface area contributed by atoms with Crippen LogP contribution < -0.4 is 0 Å². The van der Waals surface area contributed by atoms with Gasteiger partial charge in [-0.2, -0.15) is 0 Å². The number of amides is 1. The van der Waals surface area contributed by atoms with Gasteiger partial charge in [0, 0.05) is 0 Å². The van der Waals surface area contributed by atoms with Crippen molar-refractivity contribution in [2.24, 2.45) is 0 Å². The number of carbonyl (C=O) groups is 2. The third-order valence-corrected chi connectivity index (χ3v) is 4.48. The van der Waals surface area contributed by atoms with Gasteiger partial charge < -0.3 is 15.1 Å². The SMILES string of the molecule is C[C@@]1(C=CCO)S[C@@H]2CC(=O)N2[C@H]1C(=O)O. The van der Waals surface area contributed by atoms with E-state index in [-0.39, 0.29) is 17.9 Å². The van der Waals surface area contributed by atoms with E-state index < -0.39 is 16.8 Å². The zero-order chi connectivity index (χ0) is 11.9. The second kappa shape index (κ2) is 3.78. The largest absolute Gasteiger partial charge is 0.480 e. The molecule has 1 amide bonds. The van der Waals surface area contributed by atoms with E-state index in [2.05, 4.69) is 0 Å². The molecule has 0 aliphatic carbocycles. The summed E-state index contributed by atoms with van der Waals surface area (Å²) < 4.78 is -0.647. The summed E-state index contributed by atoms with van der Waals surface area (Å²) >= 11 is 1.47. The smallest absolute Gasteiger partial charge is 0.328 e. The number of hydrogen-bond acceptors (Lipinski definition) is 4. The number of aliphatic hydroxyl groups is 1. The molecule has 5 nitrogen and oxygen atoms in total. The van der Waals surface area contributed by atoms with Crippen LogP contribution in [0.4, 0.5) is 0 Å². The van der Waals surface area contributed by atoms with Gasteiger partial charge in [0.25, 0.3) is 0 Å². The molecule has 2 aliphatic rings. The van der Waals surface area contributed by atoms with Crippen molar-refractivity contribution in [1.29, 1.82) is 0 Å². The lowest BCUT2D eigenvalue weighted by Crippen LogP contribution is -2.57. The van der Waals surface area contributed by atoms with E-state index in [0.717, 1.165) is 0 Å². The van der Waals surface area contributed by atoms with Gasteiger partial charge in [-0.15, -0.1) is 11.8 Å². The van der Waals surface area contributed by atoms with Crippen LogP contribution in [0.1, 0.15) is 13.3 Å². The molecule has 6 heteroatoms. The molecule has 0 saturated carbocycles. The van der Waals surface area contributed by atoms with E-state index >= 15 is 0 Å². The third kappa shape index (κ3) is 1.53. The Balaban J connectivity index is 2.29. The molecular weight excluding hydrogens is 230 g/mol. The summed E-state index contributed by atoms with van der Waals surface area (Å²) in [6.07, 6.45) is 3.62. The molecule has 88 valence electrons. The van der Waals surface area contributed by atoms with Crippen molar-refractivity contribution < 1.29 is 19.8 Å². The van der Waals surface area contributed by atoms with Crippen LogP contribution in [0.3, 0.4) is 0 Å². The predicted octanol–water partition coefficient (Wildman–Crippen LogP) is 0.0520. The van der Waals surface area contributed by atoms with Gasteiger partial charge in [0.2, 0.25) is 5.91 Å². The second-order valence-corrected chi connectivity index (χ2v) is 5.75. The monoisotopic (exact) mass is 243 g/mol. The van der Waals surface area contributed by atoms with Gasteiger partial charge in [-0.3, -0.25) is 4.79 Å². The molecule has 0 unspecified atom stereocenters. The molecule has 0 bridgehead atoms. The number of carboxylic acids is 1. The van der Waals surface area contributed by atoms with Gasteiger partial charge in [0.1, 0.15) is 6.04 Å². The highest BCUT2D eigenvalue weighted by Gasteiger charge is 2.59. The van der Waals surface area contributed by atoms with Crippen LogP contribution in [-0.4, -0.2) is 49.8 Å². The number of hydrogen-bond donors (Lipinski definition) is 2. The molecule has 2 rings (SSSR count). The Labute approximate surface area is 97.1 Å². The summed E-state index contributed by atoms with van der Waals surface area (Å²) in [6.45, 7) is 1.66. The first-order valence-electron chi connectivity index (χ1n) is 5.00. The van der Waals surface area contributed by atoms with Gasteiger partial charge in [0.05, 0.1) is 23.1 Å². The molecule has 0 radical (unpaired) electrons. The number of nitrogens with zero attached hydrogens (tertiary/aromatic N) is 1. The zero-order valence-electron chi connectivity index (χ0n) is 8.79. The topological polar surface area (TPSA) is 77.8 Å². The van der Waals surface area contributed by atoms with Crippen LogP contribution in [0.25, 0.3) is 0 Å². The van der Waals surface area contributed by atoms with E-state index in [4.69, 9.17) is 5.11 Å². The minimum atomic E-state index is -0.992. The van der Waals surface area contributed by atoms with E-state index in [1.165, 1.54) is 22.7 Å². The molecule has 2 N–H and O–H groups in total. The zero-order valence-corrected chi connectivity index (χ0v) is 9.61. The Bertz CT molecular complexity index is 370. The lowest BCUT2D eigenvalue weighted by atomic mass is 9.96. The van der Waals surface area contributed by atoms with Crippen molar-refractivity contribution in [3.8, 4) is 0 Å². The van der Waals surface area contributed by atoms with Crippen LogP contribution in [-0.2, 0) is 9.59 Å². The summed E-state index contributed by atoms with van der Waals surface area (Å²) in [4.78, 5) is 24.0. The number of fused-ring (bicyclic) bond motifs is 1. The Morgan fingerprint density at radius 2 is 2.44 bits per heavy atom. The molecule has 3 atom stereocenters. The van der Waals surface area contributed by atoms with Crippen molar-refractivity contribution in [2.75, 3.05) is 6.61 Å². The predicted molar refractivity (Wildman–Crippen MR) is 58.9 cm³/mol. The van der Waals surface area contributed by atoms with Crippen LogP contribution >= 0.6 is 11.8 Å². The van der Waals surface area contributed by atoms with Gasteiger partial charge >= 0.3 is 5.97 Å². The number of carboxylic acid groups (broad SMARTS) is 1. The molecule has 0 spiro atoms. The van der Waals surface area contributed by atoms with Crippen LogP contribution in [0.5, 0.6) is 0 Å². The normalized spacial score (nSPS) is 37.6. The molecule has 0 aromatic heterocycles. The first-order chi connectivity index (χ1) is 7.49. The number of aliphatic hydroxyl groups excluding tert-OH is 1. The maximum atomic E-state index is 11.4. The quantitative estimate of drug-likeness (QED) is 0.541. The highest BCUT2D eigenvalue weighted by Crippen LogP contribution is 2.51. The summed E-state index contributed by atoms with van der Waals surface area (Å²) in [5.74, 6) is -1.10. The Kier molecular flexibility index (Phi) is 2.71. The minimum Gasteiger partial charge on any atom is -0.480 e. The Morgan fingerprint density at radius 3 is 2.94 bits per heavy atom. The fraction of sp³-hybridized carbons (Fsp3) is 0.600. The number of thioether (sulfide) groups is 1. The fourth-order valence-corrected chi connectivity index (χ4v) is 3.91. The first-order valence-corrected chi connectivity index (χ1v) is 5.88. The van der Waals surface area contributed by atoms with E-state index in [9.17, 15) is 14.7 Å². The van der Waals surface area contributed by atoms with Gasteiger partial charge in [-0.25, -0.2) is 4.79 Å². The number of β-lactam (4-membered cyclic amide) rings is 1. The lowest BCUT2D eigenvalue weighted by Gasteiger charge is -2.36. The van der Waals surface area contributed by atoms with Crippen molar-refractivity contribution in [2.45, 2.75) is 29.5 Å². The maximum absolute atomic E-state index is 11.4. The summed E-state index contributed by atoms with van der Waals surface area (Å²) in [5.41, 5.74) is 0. The van der Waals surface area contributed by atoms with Gasteiger partial charge in [-0.05, 0) is 6.92 Å². The van der Waals surface area contributed by atoms with Crippen LogP contribution in [0.15, 0.2) is 12.2 Å². The van der Waals surface area contributed by atoms with Gasteiger partial charge in [0.15, 0.2) is 0 Å². The average Bonchev–Trinajstić information content (AvgIpc) is 2.45. The summed E-state index contributed by atoms with van der Waals surface area (Å²) in [5, 5.41) is 17.9. The highest BCUT2D eigenvalue weighted by molar-refractivity contribution is 8.01. The standard InChI is InChI=1S/C10H13NO4S/c1-10(3-2-4-12)8(9(14)15)11-6(13)5-7(11)16-10/h2-3,7-8,12H,4-5H2,1H3,(H,14,15)/t7-,8+,10+/m1/s1. The number of carbonyl (C=O) groups excluding carboxylic acids is 1. The first kappa shape index (κ1) is 11.5. The van der Waals surface area contributed by atoms with E-state index in [0.29, 0.717) is 6.42 Å². The summed E-state index contributed by atoms with van der Waals surface area (Å²) in [6, 6.07) is -0.827. The number of aliphatic carboxylic acids is 1. The van der Waals surface area contributed by atoms with Crippen molar-refractivity contribution in [1.82, 2.24) is 4.90 Å². The van der Waals surface area contributed by atoms with Crippen molar-refractivity contribution in [3.05, 3.63) is 12.2 Å². The van der Waals surface area contributed by atoms with Crippen LogP contribution in [0, 0.1) is 0 Å². The molecule has 0 aromatic rings. The van der Waals surface area contributed by atoms with E-state index in [1.54, 1.807) is 13.0 Å². The number of rotatable bonds is 3.